The Morgan fingerprint density at radius 2 is 1.91 bits per heavy atom. The van der Waals surface area contributed by atoms with Crippen molar-refractivity contribution < 1.29 is 13.6 Å². The lowest BCUT2D eigenvalue weighted by Gasteiger charge is -2.06. The minimum Gasteiger partial charge on any atom is -0.438 e. The van der Waals surface area contributed by atoms with Gasteiger partial charge in [0.1, 0.15) is 17.0 Å². The van der Waals surface area contributed by atoms with E-state index in [2.05, 4.69) is 5.32 Å². The summed E-state index contributed by atoms with van der Waals surface area (Å²) in [6.45, 7) is 0.228. The quantitative estimate of drug-likeness (QED) is 0.770. The zero-order valence-corrected chi connectivity index (χ0v) is 12.7. The largest absolute Gasteiger partial charge is 0.438 e. The van der Waals surface area contributed by atoms with E-state index in [-0.39, 0.29) is 23.5 Å². The van der Waals surface area contributed by atoms with Crippen LogP contribution in [0.15, 0.2) is 52.9 Å². The lowest BCUT2D eigenvalue weighted by atomic mass is 10.1. The van der Waals surface area contributed by atoms with Gasteiger partial charge in [0.25, 0.3) is 5.91 Å². The Bertz CT molecular complexity index is 935. The number of amides is 1. The first kappa shape index (κ1) is 15.2. The topological polar surface area (TPSA) is 66.1 Å². The molecule has 1 amide bonds. The monoisotopic (exact) mass is 330 g/mol. The summed E-state index contributed by atoms with van der Waals surface area (Å²) in [6.07, 6.45) is 0. The van der Waals surface area contributed by atoms with Gasteiger partial charge in [-0.3, -0.25) is 10.2 Å². The summed E-state index contributed by atoms with van der Waals surface area (Å²) in [7, 11) is 0. The van der Waals surface area contributed by atoms with Crippen LogP contribution in [-0.2, 0) is 6.54 Å². The molecule has 0 radical (unpaired) electrons. The number of carbonyl (C=O) groups excluding carboxylic acids is 1. The molecule has 0 spiro atoms. The molecule has 0 fully saturated rings. The fourth-order valence-electron chi connectivity index (χ4n) is 2.16. The summed E-state index contributed by atoms with van der Waals surface area (Å²) >= 11 is 5.92. The second kappa shape index (κ2) is 6.22. The van der Waals surface area contributed by atoms with Gasteiger partial charge < -0.3 is 9.73 Å². The molecule has 116 valence electrons. The molecule has 1 aromatic heterocycles. The Kier molecular flexibility index (Phi) is 4.12. The summed E-state index contributed by atoms with van der Waals surface area (Å²) in [5, 5.41) is 11.7. The highest BCUT2D eigenvalue weighted by atomic mass is 35.5. The SMILES string of the molecule is N=c1oc2ccc(Cl)cc2cc1C(=O)NCc1ccc(F)cc1. The normalized spacial score (nSPS) is 10.7. The number of benzene rings is 2. The first-order valence-corrected chi connectivity index (χ1v) is 7.21. The molecule has 2 N–H and O–H groups in total. The molecule has 0 saturated heterocycles. The van der Waals surface area contributed by atoms with Crippen molar-refractivity contribution in [1.82, 2.24) is 5.32 Å². The van der Waals surface area contributed by atoms with E-state index in [0.29, 0.717) is 16.0 Å². The lowest BCUT2D eigenvalue weighted by Crippen LogP contribution is -2.27. The van der Waals surface area contributed by atoms with Crippen LogP contribution in [0.5, 0.6) is 0 Å². The van der Waals surface area contributed by atoms with E-state index < -0.39 is 5.91 Å². The molecular weight excluding hydrogens is 319 g/mol. The van der Waals surface area contributed by atoms with Crippen molar-refractivity contribution in [1.29, 1.82) is 5.41 Å². The molecule has 0 aliphatic carbocycles. The van der Waals surface area contributed by atoms with Crippen LogP contribution in [0.2, 0.25) is 5.02 Å². The Labute approximate surface area is 136 Å². The third-order valence-electron chi connectivity index (χ3n) is 3.34. The van der Waals surface area contributed by atoms with Crippen molar-refractivity contribution in [3.05, 3.63) is 76.1 Å². The molecule has 2 aromatic carbocycles. The second-order valence-electron chi connectivity index (χ2n) is 4.98. The van der Waals surface area contributed by atoms with Crippen LogP contribution >= 0.6 is 11.6 Å². The average molecular weight is 331 g/mol. The van der Waals surface area contributed by atoms with Crippen LogP contribution < -0.4 is 10.9 Å². The molecule has 4 nitrogen and oxygen atoms in total. The van der Waals surface area contributed by atoms with Gasteiger partial charge in [-0.2, -0.15) is 0 Å². The Balaban J connectivity index is 1.84. The van der Waals surface area contributed by atoms with Crippen LogP contribution in [0.1, 0.15) is 15.9 Å². The number of rotatable bonds is 3. The number of hydrogen-bond donors (Lipinski definition) is 2. The molecule has 0 bridgehead atoms. The fraction of sp³-hybridized carbons (Fsp3) is 0.0588. The zero-order chi connectivity index (χ0) is 16.4. The molecule has 1 heterocycles. The predicted octanol–water partition coefficient (Wildman–Crippen LogP) is 3.63. The summed E-state index contributed by atoms with van der Waals surface area (Å²) < 4.78 is 18.2. The Morgan fingerprint density at radius 1 is 1.17 bits per heavy atom. The van der Waals surface area contributed by atoms with Gasteiger partial charge in [0.15, 0.2) is 0 Å². The summed E-state index contributed by atoms with van der Waals surface area (Å²) in [5.41, 5.74) is 1.12. The molecule has 0 unspecified atom stereocenters. The Morgan fingerprint density at radius 3 is 2.65 bits per heavy atom. The van der Waals surface area contributed by atoms with E-state index in [1.54, 1.807) is 36.4 Å². The van der Waals surface area contributed by atoms with Crippen LogP contribution in [-0.4, -0.2) is 5.91 Å². The van der Waals surface area contributed by atoms with E-state index in [0.717, 1.165) is 5.56 Å². The van der Waals surface area contributed by atoms with Gasteiger partial charge in [-0.25, -0.2) is 4.39 Å². The van der Waals surface area contributed by atoms with Crippen molar-refractivity contribution in [2.75, 3.05) is 0 Å². The maximum Gasteiger partial charge on any atom is 0.257 e. The summed E-state index contributed by atoms with van der Waals surface area (Å²) in [4.78, 5) is 12.2. The first-order valence-electron chi connectivity index (χ1n) is 6.83. The fourth-order valence-corrected chi connectivity index (χ4v) is 2.34. The standard InChI is InChI=1S/C17H12ClFN2O2/c18-12-3-6-15-11(7-12)8-14(16(20)23-15)17(22)21-9-10-1-4-13(19)5-2-10/h1-8,20H,9H2,(H,21,22). The van der Waals surface area contributed by atoms with E-state index in [1.807, 2.05) is 0 Å². The van der Waals surface area contributed by atoms with Crippen molar-refractivity contribution in [3.63, 3.8) is 0 Å². The molecule has 6 heteroatoms. The minimum atomic E-state index is -0.440. The van der Waals surface area contributed by atoms with Crippen LogP contribution in [0.4, 0.5) is 4.39 Å². The molecule has 0 saturated carbocycles. The van der Waals surface area contributed by atoms with Crippen molar-refractivity contribution in [2.45, 2.75) is 6.54 Å². The zero-order valence-electron chi connectivity index (χ0n) is 11.9. The average Bonchev–Trinajstić information content (AvgIpc) is 2.54. The number of halogens is 2. The molecule has 0 atom stereocenters. The molecule has 23 heavy (non-hydrogen) atoms. The van der Waals surface area contributed by atoms with Gasteiger partial charge >= 0.3 is 0 Å². The van der Waals surface area contributed by atoms with Gasteiger partial charge in [-0.15, -0.1) is 0 Å². The minimum absolute atomic E-state index is 0.113. The van der Waals surface area contributed by atoms with Gasteiger partial charge in [0.05, 0.1) is 0 Å². The first-order chi connectivity index (χ1) is 11.0. The highest BCUT2D eigenvalue weighted by Crippen LogP contribution is 2.18. The third-order valence-corrected chi connectivity index (χ3v) is 3.57. The van der Waals surface area contributed by atoms with E-state index in [1.165, 1.54) is 12.1 Å². The number of hydrogen-bond acceptors (Lipinski definition) is 3. The highest BCUT2D eigenvalue weighted by Gasteiger charge is 2.11. The summed E-state index contributed by atoms with van der Waals surface area (Å²) in [5.74, 6) is -0.774. The highest BCUT2D eigenvalue weighted by molar-refractivity contribution is 6.31. The molecule has 0 aliphatic rings. The third kappa shape index (κ3) is 3.40. The van der Waals surface area contributed by atoms with E-state index in [4.69, 9.17) is 21.4 Å². The van der Waals surface area contributed by atoms with Crippen LogP contribution in [0, 0.1) is 11.2 Å². The van der Waals surface area contributed by atoms with Crippen LogP contribution in [0.25, 0.3) is 11.0 Å². The van der Waals surface area contributed by atoms with Gasteiger partial charge in [0.2, 0.25) is 5.55 Å². The van der Waals surface area contributed by atoms with Crippen LogP contribution in [0.3, 0.4) is 0 Å². The molecule has 3 aromatic rings. The maximum absolute atomic E-state index is 12.8. The molecule has 3 rings (SSSR count). The summed E-state index contributed by atoms with van der Waals surface area (Å²) in [6, 6.07) is 12.3. The van der Waals surface area contributed by atoms with Crippen molar-refractivity contribution >= 4 is 28.5 Å². The maximum atomic E-state index is 12.8. The molecule has 0 aliphatic heterocycles. The number of fused-ring (bicyclic) bond motifs is 1. The van der Waals surface area contributed by atoms with Crippen molar-refractivity contribution in [3.8, 4) is 0 Å². The molecular formula is C17H12ClFN2O2. The Hall–Kier alpha value is -2.66. The predicted molar refractivity (Wildman–Crippen MR) is 84.6 cm³/mol. The second-order valence-corrected chi connectivity index (χ2v) is 5.42. The van der Waals surface area contributed by atoms with Gasteiger partial charge in [-0.1, -0.05) is 23.7 Å². The van der Waals surface area contributed by atoms with Gasteiger partial charge in [-0.05, 0) is 42.0 Å². The smallest absolute Gasteiger partial charge is 0.257 e. The number of nitrogens with one attached hydrogen (secondary N) is 2. The lowest BCUT2D eigenvalue weighted by molar-refractivity contribution is 0.0946. The van der Waals surface area contributed by atoms with E-state index >= 15 is 0 Å². The van der Waals surface area contributed by atoms with E-state index in [9.17, 15) is 9.18 Å². The van der Waals surface area contributed by atoms with Crippen molar-refractivity contribution in [2.24, 2.45) is 0 Å². The number of carbonyl (C=O) groups is 1. The van der Waals surface area contributed by atoms with Gasteiger partial charge in [0, 0.05) is 17.0 Å².